The van der Waals surface area contributed by atoms with Crippen molar-refractivity contribution < 1.29 is 13.2 Å². The number of anilines is 2. The van der Waals surface area contributed by atoms with Crippen LogP contribution in [0.5, 0.6) is 0 Å². The van der Waals surface area contributed by atoms with Gasteiger partial charge in [-0.25, -0.2) is 13.1 Å². The predicted molar refractivity (Wildman–Crippen MR) is 103 cm³/mol. The van der Waals surface area contributed by atoms with E-state index in [0.717, 1.165) is 17.8 Å². The zero-order chi connectivity index (χ0) is 18.7. The summed E-state index contributed by atoms with van der Waals surface area (Å²) in [4.78, 5) is 14.0. The average Bonchev–Trinajstić information content (AvgIpc) is 2.93. The van der Waals surface area contributed by atoms with Crippen molar-refractivity contribution in [1.29, 1.82) is 0 Å². The van der Waals surface area contributed by atoms with E-state index in [9.17, 15) is 13.2 Å². The number of fused-ring (bicyclic) bond motifs is 1. The van der Waals surface area contributed by atoms with Crippen LogP contribution in [0.25, 0.3) is 0 Å². The van der Waals surface area contributed by atoms with Crippen molar-refractivity contribution in [2.24, 2.45) is 0 Å². The van der Waals surface area contributed by atoms with Crippen LogP contribution in [0.1, 0.15) is 24.8 Å². The van der Waals surface area contributed by atoms with Crippen LogP contribution in [0.2, 0.25) is 0 Å². The Balaban J connectivity index is 1.57. The SMILES string of the molecule is C[C@@H]1C(=O)Nc2ccc(S(=O)(=O)NCCCN(C)c3ccccc3)cc21. The Morgan fingerprint density at radius 2 is 1.88 bits per heavy atom. The topological polar surface area (TPSA) is 78.5 Å². The molecule has 6 nitrogen and oxygen atoms in total. The molecule has 2 N–H and O–H groups in total. The molecule has 0 bridgehead atoms. The first-order chi connectivity index (χ1) is 12.4. The van der Waals surface area contributed by atoms with Crippen LogP contribution in [0.3, 0.4) is 0 Å². The number of nitrogens with one attached hydrogen (secondary N) is 2. The lowest BCUT2D eigenvalue weighted by molar-refractivity contribution is -0.116. The molecular weight excluding hydrogens is 350 g/mol. The van der Waals surface area contributed by atoms with Gasteiger partial charge in [0.2, 0.25) is 15.9 Å². The molecule has 0 unspecified atom stereocenters. The second kappa shape index (κ2) is 7.47. The number of para-hydroxylation sites is 1. The van der Waals surface area contributed by atoms with Crippen LogP contribution in [0.15, 0.2) is 53.4 Å². The van der Waals surface area contributed by atoms with Gasteiger partial charge in [-0.2, -0.15) is 0 Å². The Hall–Kier alpha value is -2.38. The molecule has 0 fully saturated rings. The highest BCUT2D eigenvalue weighted by Crippen LogP contribution is 2.33. The average molecular weight is 373 g/mol. The molecular formula is C19H23N3O3S. The molecule has 138 valence electrons. The van der Waals surface area contributed by atoms with Crippen molar-refractivity contribution in [3.63, 3.8) is 0 Å². The predicted octanol–water partition coefficient (Wildman–Crippen LogP) is 2.55. The van der Waals surface area contributed by atoms with Gasteiger partial charge in [-0.05, 0) is 49.2 Å². The van der Waals surface area contributed by atoms with Gasteiger partial charge in [-0.1, -0.05) is 18.2 Å². The molecule has 3 rings (SSSR count). The molecule has 0 saturated heterocycles. The lowest BCUT2D eigenvalue weighted by Gasteiger charge is -2.19. The maximum atomic E-state index is 12.5. The Bertz CT molecular complexity index is 898. The molecule has 0 aromatic heterocycles. The minimum atomic E-state index is -3.59. The summed E-state index contributed by atoms with van der Waals surface area (Å²) in [5.74, 6) is -0.439. The summed E-state index contributed by atoms with van der Waals surface area (Å²) < 4.78 is 27.6. The molecule has 1 aliphatic heterocycles. The fourth-order valence-electron chi connectivity index (χ4n) is 2.98. The normalized spacial score (nSPS) is 16.2. The van der Waals surface area contributed by atoms with Crippen LogP contribution in [0, 0.1) is 0 Å². The molecule has 0 radical (unpaired) electrons. The van der Waals surface area contributed by atoms with Crippen LogP contribution < -0.4 is 14.9 Å². The highest BCUT2D eigenvalue weighted by Gasteiger charge is 2.28. The second-order valence-electron chi connectivity index (χ2n) is 6.47. The van der Waals surface area contributed by atoms with Gasteiger partial charge in [0, 0.05) is 31.5 Å². The third-order valence-electron chi connectivity index (χ3n) is 4.61. The second-order valence-corrected chi connectivity index (χ2v) is 8.24. The Morgan fingerprint density at radius 1 is 1.15 bits per heavy atom. The van der Waals surface area contributed by atoms with Crippen molar-refractivity contribution in [3.05, 3.63) is 54.1 Å². The summed E-state index contributed by atoms with van der Waals surface area (Å²) in [7, 11) is -1.61. The van der Waals surface area contributed by atoms with Crippen molar-refractivity contribution in [2.45, 2.75) is 24.2 Å². The maximum absolute atomic E-state index is 12.5. The van der Waals surface area contributed by atoms with Crippen molar-refractivity contribution >= 4 is 27.3 Å². The summed E-state index contributed by atoms with van der Waals surface area (Å²) >= 11 is 0. The Kier molecular flexibility index (Phi) is 5.29. The zero-order valence-electron chi connectivity index (χ0n) is 14.9. The molecule has 2 aromatic carbocycles. The highest BCUT2D eigenvalue weighted by atomic mass is 32.2. The van der Waals surface area contributed by atoms with E-state index in [4.69, 9.17) is 0 Å². The summed E-state index contributed by atoms with van der Waals surface area (Å²) in [5, 5.41) is 2.75. The van der Waals surface area contributed by atoms with E-state index in [1.54, 1.807) is 19.1 Å². The zero-order valence-corrected chi connectivity index (χ0v) is 15.7. The summed E-state index contributed by atoms with van der Waals surface area (Å²) in [5.41, 5.74) is 2.51. The number of carbonyl (C=O) groups is 1. The molecule has 1 heterocycles. The quantitative estimate of drug-likeness (QED) is 0.731. The van der Waals surface area contributed by atoms with E-state index in [0.29, 0.717) is 18.7 Å². The number of carbonyl (C=O) groups excluding carboxylic acids is 1. The van der Waals surface area contributed by atoms with E-state index in [2.05, 4.69) is 14.9 Å². The Morgan fingerprint density at radius 3 is 2.62 bits per heavy atom. The number of rotatable bonds is 7. The van der Waals surface area contributed by atoms with Gasteiger partial charge < -0.3 is 10.2 Å². The number of hydrogen-bond donors (Lipinski definition) is 2. The van der Waals surface area contributed by atoms with Gasteiger partial charge in [-0.3, -0.25) is 4.79 Å². The smallest absolute Gasteiger partial charge is 0.240 e. The van der Waals surface area contributed by atoms with Crippen LogP contribution in [-0.2, 0) is 14.8 Å². The van der Waals surface area contributed by atoms with Gasteiger partial charge >= 0.3 is 0 Å². The van der Waals surface area contributed by atoms with Gasteiger partial charge in [0.05, 0.1) is 10.8 Å². The molecule has 2 aromatic rings. The molecule has 26 heavy (non-hydrogen) atoms. The van der Waals surface area contributed by atoms with E-state index >= 15 is 0 Å². The minimum absolute atomic E-state index is 0.105. The molecule has 0 spiro atoms. The molecule has 1 aliphatic rings. The van der Waals surface area contributed by atoms with E-state index < -0.39 is 10.0 Å². The van der Waals surface area contributed by atoms with Crippen LogP contribution in [-0.4, -0.2) is 34.5 Å². The van der Waals surface area contributed by atoms with E-state index in [1.807, 2.05) is 37.4 Å². The standard InChI is InChI=1S/C19H23N3O3S/c1-14-17-13-16(9-10-18(17)21-19(14)23)26(24,25)20-11-6-12-22(2)15-7-4-3-5-8-15/h3-5,7-10,13-14,20H,6,11-12H2,1-2H3,(H,21,23)/t14-/m0/s1. The maximum Gasteiger partial charge on any atom is 0.240 e. The highest BCUT2D eigenvalue weighted by molar-refractivity contribution is 7.89. The number of nitrogens with zero attached hydrogens (tertiary/aromatic N) is 1. The number of amides is 1. The molecule has 7 heteroatoms. The fourth-order valence-corrected chi connectivity index (χ4v) is 4.09. The lowest BCUT2D eigenvalue weighted by Crippen LogP contribution is -2.28. The molecule has 0 aliphatic carbocycles. The third kappa shape index (κ3) is 3.89. The van der Waals surface area contributed by atoms with Gasteiger partial charge in [-0.15, -0.1) is 0 Å². The first-order valence-corrected chi connectivity index (χ1v) is 10.1. The lowest BCUT2D eigenvalue weighted by atomic mass is 10.0. The summed E-state index contributed by atoms with van der Waals surface area (Å²) in [6.45, 7) is 2.86. The van der Waals surface area contributed by atoms with Gasteiger partial charge in [0.25, 0.3) is 0 Å². The van der Waals surface area contributed by atoms with Gasteiger partial charge in [0.1, 0.15) is 0 Å². The Labute approximate surface area is 154 Å². The van der Waals surface area contributed by atoms with Gasteiger partial charge in [0.15, 0.2) is 0 Å². The molecule has 1 amide bonds. The number of hydrogen-bond acceptors (Lipinski definition) is 4. The number of sulfonamides is 1. The molecule has 1 atom stereocenters. The minimum Gasteiger partial charge on any atom is -0.375 e. The van der Waals surface area contributed by atoms with Crippen LogP contribution in [0.4, 0.5) is 11.4 Å². The first kappa shape index (κ1) is 18.4. The van der Waals surface area contributed by atoms with Crippen molar-refractivity contribution in [3.8, 4) is 0 Å². The number of benzene rings is 2. The van der Waals surface area contributed by atoms with Crippen molar-refractivity contribution in [1.82, 2.24) is 4.72 Å². The van der Waals surface area contributed by atoms with E-state index in [-0.39, 0.29) is 16.7 Å². The monoisotopic (exact) mass is 373 g/mol. The summed E-state index contributed by atoms with van der Waals surface area (Å²) in [6, 6.07) is 14.7. The summed E-state index contributed by atoms with van der Waals surface area (Å²) in [6.07, 6.45) is 0.687. The van der Waals surface area contributed by atoms with Crippen LogP contribution >= 0.6 is 0 Å². The van der Waals surface area contributed by atoms with E-state index in [1.165, 1.54) is 6.07 Å². The molecule has 0 saturated carbocycles. The third-order valence-corrected chi connectivity index (χ3v) is 6.07. The van der Waals surface area contributed by atoms with Crippen molar-refractivity contribution in [2.75, 3.05) is 30.4 Å². The first-order valence-electron chi connectivity index (χ1n) is 8.59. The largest absolute Gasteiger partial charge is 0.375 e. The fraction of sp³-hybridized carbons (Fsp3) is 0.316.